The third kappa shape index (κ3) is 4.65. The third-order valence-corrected chi connectivity index (χ3v) is 5.16. The molecule has 0 spiro atoms. The Hall–Kier alpha value is -0.680. The minimum Gasteiger partial charge on any atom is -0.388 e. The fraction of sp³-hybridized carbons (Fsp3) is 0.412. The first-order valence-electron chi connectivity index (χ1n) is 7.03. The molecule has 0 saturated heterocycles. The highest BCUT2D eigenvalue weighted by Crippen LogP contribution is 2.34. The number of hydrogen-bond acceptors (Lipinski definition) is 3. The predicted molar refractivity (Wildman–Crippen MR) is 93.5 cm³/mol. The Balaban J connectivity index is 1.99. The average molecular weight is 368 g/mol. The fourth-order valence-corrected chi connectivity index (χ4v) is 3.87. The van der Waals surface area contributed by atoms with E-state index in [9.17, 15) is 5.11 Å². The van der Waals surface area contributed by atoms with Gasteiger partial charge >= 0.3 is 0 Å². The third-order valence-electron chi connectivity index (χ3n) is 3.61. The molecule has 0 aliphatic rings. The van der Waals surface area contributed by atoms with Crippen LogP contribution in [0.2, 0.25) is 0 Å². The van der Waals surface area contributed by atoms with Crippen molar-refractivity contribution in [3.8, 4) is 0 Å². The molecule has 1 heterocycles. The molecular weight excluding hydrogens is 346 g/mol. The van der Waals surface area contributed by atoms with E-state index in [1.807, 2.05) is 30.3 Å². The molecule has 0 amide bonds. The molecule has 0 saturated carbocycles. The summed E-state index contributed by atoms with van der Waals surface area (Å²) in [6.45, 7) is 5.96. The molecule has 1 aromatic carbocycles. The number of hydrogen-bond donors (Lipinski definition) is 1. The van der Waals surface area contributed by atoms with Gasteiger partial charge in [0.05, 0.1) is 9.89 Å². The summed E-state index contributed by atoms with van der Waals surface area (Å²) in [6, 6.07) is 12.1. The Morgan fingerprint density at radius 1 is 1.29 bits per heavy atom. The first-order valence-corrected chi connectivity index (χ1v) is 8.70. The molecule has 2 nitrogen and oxygen atoms in total. The Kier molecular flexibility index (Phi) is 5.60. The highest BCUT2D eigenvalue weighted by molar-refractivity contribution is 9.11. The summed E-state index contributed by atoms with van der Waals surface area (Å²) >= 11 is 5.21. The van der Waals surface area contributed by atoms with E-state index in [2.05, 4.69) is 53.2 Å². The largest absolute Gasteiger partial charge is 0.388 e. The summed E-state index contributed by atoms with van der Waals surface area (Å²) in [5.74, 6) is 0. The number of thiophene rings is 1. The lowest BCUT2D eigenvalue weighted by Crippen LogP contribution is -2.35. The Labute approximate surface area is 139 Å². The van der Waals surface area contributed by atoms with Crippen LogP contribution in [0, 0.1) is 5.41 Å². The summed E-state index contributed by atoms with van der Waals surface area (Å²) < 4.78 is 1.16. The zero-order valence-corrected chi connectivity index (χ0v) is 15.1. The molecule has 1 N–H and O–H groups in total. The zero-order chi connectivity index (χ0) is 15.5. The lowest BCUT2D eigenvalue weighted by Gasteiger charge is -2.34. The maximum Gasteiger partial charge on any atom is 0.0853 e. The van der Waals surface area contributed by atoms with Crippen molar-refractivity contribution in [1.29, 1.82) is 0 Å². The van der Waals surface area contributed by atoms with Crippen molar-refractivity contribution < 1.29 is 5.11 Å². The maximum atomic E-state index is 10.6. The smallest absolute Gasteiger partial charge is 0.0853 e. The molecule has 1 unspecified atom stereocenters. The Morgan fingerprint density at radius 3 is 2.52 bits per heavy atom. The minimum atomic E-state index is -0.463. The SMILES string of the molecule is CN(Cc1csc(Br)c1)CC(C)(C)C(O)c1ccccc1. The number of halogens is 1. The summed E-state index contributed by atoms with van der Waals surface area (Å²) in [5.41, 5.74) is 2.08. The van der Waals surface area contributed by atoms with Crippen molar-refractivity contribution in [2.24, 2.45) is 5.41 Å². The monoisotopic (exact) mass is 367 g/mol. The van der Waals surface area contributed by atoms with Crippen LogP contribution in [-0.4, -0.2) is 23.6 Å². The predicted octanol–water partition coefficient (Wildman–Crippen LogP) is 4.70. The molecule has 1 atom stereocenters. The number of benzene rings is 1. The van der Waals surface area contributed by atoms with Crippen LogP contribution in [0.15, 0.2) is 45.6 Å². The Bertz CT molecular complexity index is 567. The molecule has 21 heavy (non-hydrogen) atoms. The van der Waals surface area contributed by atoms with Crippen LogP contribution in [-0.2, 0) is 6.54 Å². The van der Waals surface area contributed by atoms with Crippen molar-refractivity contribution >= 4 is 27.3 Å². The van der Waals surface area contributed by atoms with Crippen molar-refractivity contribution in [2.75, 3.05) is 13.6 Å². The molecule has 114 valence electrons. The van der Waals surface area contributed by atoms with E-state index in [-0.39, 0.29) is 5.41 Å². The van der Waals surface area contributed by atoms with E-state index in [0.29, 0.717) is 0 Å². The van der Waals surface area contributed by atoms with E-state index in [0.717, 1.165) is 22.4 Å². The lowest BCUT2D eigenvalue weighted by molar-refractivity contribution is 0.0244. The van der Waals surface area contributed by atoms with Crippen LogP contribution in [0.3, 0.4) is 0 Å². The van der Waals surface area contributed by atoms with Gasteiger partial charge in [-0.05, 0) is 45.6 Å². The van der Waals surface area contributed by atoms with E-state index in [4.69, 9.17) is 0 Å². The quantitative estimate of drug-likeness (QED) is 0.799. The first kappa shape index (κ1) is 16.7. The summed E-state index contributed by atoms with van der Waals surface area (Å²) in [7, 11) is 2.10. The number of aliphatic hydroxyl groups is 1. The minimum absolute atomic E-state index is 0.205. The number of aliphatic hydroxyl groups excluding tert-OH is 1. The second kappa shape index (κ2) is 7.05. The summed E-state index contributed by atoms with van der Waals surface area (Å²) in [5, 5.41) is 12.8. The van der Waals surface area contributed by atoms with E-state index >= 15 is 0 Å². The topological polar surface area (TPSA) is 23.5 Å². The second-order valence-electron chi connectivity index (χ2n) is 6.23. The normalized spacial score (nSPS) is 13.6. The van der Waals surface area contributed by atoms with Gasteiger partial charge in [-0.3, -0.25) is 0 Å². The van der Waals surface area contributed by atoms with Crippen molar-refractivity contribution in [3.05, 3.63) is 56.7 Å². The molecular formula is C17H22BrNOS. The number of nitrogens with zero attached hydrogens (tertiary/aromatic N) is 1. The summed E-state index contributed by atoms with van der Waals surface area (Å²) in [6.07, 6.45) is -0.463. The average Bonchev–Trinajstić information content (AvgIpc) is 2.83. The highest BCUT2D eigenvalue weighted by Gasteiger charge is 2.30. The molecule has 0 radical (unpaired) electrons. The maximum absolute atomic E-state index is 10.6. The van der Waals surface area contributed by atoms with E-state index in [1.165, 1.54) is 5.56 Å². The second-order valence-corrected chi connectivity index (χ2v) is 8.52. The fourth-order valence-electron chi connectivity index (χ4n) is 2.66. The van der Waals surface area contributed by atoms with Gasteiger partial charge in [0.15, 0.2) is 0 Å². The Morgan fingerprint density at radius 2 is 1.95 bits per heavy atom. The molecule has 2 aromatic rings. The van der Waals surface area contributed by atoms with Crippen LogP contribution in [0.1, 0.15) is 31.1 Å². The molecule has 0 aliphatic carbocycles. The van der Waals surface area contributed by atoms with Crippen LogP contribution >= 0.6 is 27.3 Å². The van der Waals surface area contributed by atoms with Crippen molar-refractivity contribution in [3.63, 3.8) is 0 Å². The van der Waals surface area contributed by atoms with Gasteiger partial charge in [-0.15, -0.1) is 11.3 Å². The van der Waals surface area contributed by atoms with Gasteiger partial charge in [0.1, 0.15) is 0 Å². The molecule has 0 aliphatic heterocycles. The highest BCUT2D eigenvalue weighted by atomic mass is 79.9. The molecule has 4 heteroatoms. The standard InChI is InChI=1S/C17H22BrNOS/c1-17(2,16(20)14-7-5-4-6-8-14)12-19(3)10-13-9-15(18)21-11-13/h4-9,11,16,20H,10,12H2,1-3H3. The van der Waals surface area contributed by atoms with E-state index in [1.54, 1.807) is 11.3 Å². The van der Waals surface area contributed by atoms with Gasteiger partial charge < -0.3 is 10.0 Å². The van der Waals surface area contributed by atoms with Gasteiger partial charge in [-0.2, -0.15) is 0 Å². The number of rotatable bonds is 6. The molecule has 1 aromatic heterocycles. The van der Waals surface area contributed by atoms with Gasteiger partial charge in [0, 0.05) is 18.5 Å². The lowest BCUT2D eigenvalue weighted by atomic mass is 9.82. The molecule has 2 rings (SSSR count). The van der Waals surface area contributed by atoms with Crippen LogP contribution < -0.4 is 0 Å². The van der Waals surface area contributed by atoms with Crippen LogP contribution in [0.25, 0.3) is 0 Å². The zero-order valence-electron chi connectivity index (χ0n) is 12.7. The van der Waals surface area contributed by atoms with Crippen molar-refractivity contribution in [2.45, 2.75) is 26.5 Å². The van der Waals surface area contributed by atoms with Gasteiger partial charge in [-0.25, -0.2) is 0 Å². The van der Waals surface area contributed by atoms with Gasteiger partial charge in [0.25, 0.3) is 0 Å². The molecule has 0 fully saturated rings. The summed E-state index contributed by atoms with van der Waals surface area (Å²) in [4.78, 5) is 2.26. The van der Waals surface area contributed by atoms with E-state index < -0.39 is 6.10 Å². The van der Waals surface area contributed by atoms with Crippen molar-refractivity contribution in [1.82, 2.24) is 4.90 Å². The molecule has 0 bridgehead atoms. The van der Waals surface area contributed by atoms with Gasteiger partial charge in [0.2, 0.25) is 0 Å². The first-order chi connectivity index (χ1) is 9.88. The van der Waals surface area contributed by atoms with Gasteiger partial charge in [-0.1, -0.05) is 44.2 Å². The van der Waals surface area contributed by atoms with Crippen LogP contribution in [0.5, 0.6) is 0 Å². The van der Waals surface area contributed by atoms with Crippen LogP contribution in [0.4, 0.5) is 0 Å².